The highest BCUT2D eigenvalue weighted by Crippen LogP contribution is 2.53. The Morgan fingerprint density at radius 3 is 1.70 bits per heavy atom. The number of hydrogen-bond donors (Lipinski definition) is 0. The molecule has 0 aromatic heterocycles. The van der Waals surface area contributed by atoms with E-state index in [9.17, 15) is 0 Å². The topological polar surface area (TPSA) is 15.7 Å². The van der Waals surface area contributed by atoms with E-state index < -0.39 is 8.64 Å². The first-order chi connectivity index (χ1) is 14.0. The highest BCUT2D eigenvalue weighted by molar-refractivity contribution is 6.85. The van der Waals surface area contributed by atoms with Crippen LogP contribution in [0.5, 0.6) is 0 Å². The van der Waals surface area contributed by atoms with E-state index in [4.69, 9.17) is 4.43 Å². The lowest BCUT2D eigenvalue weighted by atomic mass is 9.96. The van der Waals surface area contributed by atoms with Crippen LogP contribution in [0.1, 0.15) is 59.6 Å². The van der Waals surface area contributed by atoms with E-state index in [0.717, 1.165) is 18.8 Å². The van der Waals surface area contributed by atoms with Crippen molar-refractivity contribution in [2.45, 2.75) is 54.0 Å². The van der Waals surface area contributed by atoms with Gasteiger partial charge in [-0.3, -0.25) is 0 Å². The molecule has 4 rings (SSSR count). The van der Waals surface area contributed by atoms with Crippen LogP contribution in [0, 0.1) is 10.8 Å². The van der Waals surface area contributed by atoms with Crippen LogP contribution in [0.2, 0.25) is 0 Å². The van der Waals surface area contributed by atoms with Gasteiger partial charge < -0.3 is 13.6 Å². The van der Waals surface area contributed by atoms with Gasteiger partial charge in [0.2, 0.25) is 0 Å². The van der Waals surface area contributed by atoms with Gasteiger partial charge in [0, 0.05) is 13.1 Å². The number of rotatable bonds is 3. The lowest BCUT2D eigenvalue weighted by molar-refractivity contribution is 0.370. The maximum Gasteiger partial charge on any atom is 0.493 e. The summed E-state index contributed by atoms with van der Waals surface area (Å²) in [5.74, 6) is 1.06. The Bertz CT molecular complexity index is 896. The Morgan fingerprint density at radius 1 is 0.767 bits per heavy atom. The molecule has 0 bridgehead atoms. The molecular weight excluding hydrogens is 384 g/mol. The second-order valence-corrected chi connectivity index (χ2v) is 14.4. The first kappa shape index (κ1) is 21.0. The third-order valence-corrected chi connectivity index (χ3v) is 10.1. The lowest BCUT2D eigenvalue weighted by Crippen LogP contribution is -2.68. The predicted octanol–water partition coefficient (Wildman–Crippen LogP) is 6.60. The molecule has 0 amide bonds. The van der Waals surface area contributed by atoms with Crippen molar-refractivity contribution in [2.75, 3.05) is 22.2 Å². The van der Waals surface area contributed by atoms with Crippen LogP contribution in [-0.2, 0) is 4.43 Å². The highest BCUT2D eigenvalue weighted by atomic mass is 28.4. The van der Waals surface area contributed by atoms with E-state index in [1.807, 2.05) is 0 Å². The minimum atomic E-state index is -2.61. The van der Waals surface area contributed by atoms with Gasteiger partial charge in [-0.25, -0.2) is 0 Å². The molecule has 2 heterocycles. The number of fused-ring (bicyclic) bond motifs is 1. The molecule has 2 aliphatic heterocycles. The van der Waals surface area contributed by atoms with Crippen LogP contribution in [-0.4, -0.2) is 21.7 Å². The highest BCUT2D eigenvalue weighted by Gasteiger charge is 2.65. The maximum absolute atomic E-state index is 7.03. The Morgan fingerprint density at radius 2 is 1.23 bits per heavy atom. The number of anilines is 2. The van der Waals surface area contributed by atoms with Crippen LogP contribution in [0.15, 0.2) is 66.4 Å². The molecule has 0 saturated carbocycles. The molecule has 1 unspecified atom stereocenters. The van der Waals surface area contributed by atoms with Crippen LogP contribution < -0.4 is 9.13 Å². The van der Waals surface area contributed by atoms with Crippen LogP contribution in [0.3, 0.4) is 0 Å². The van der Waals surface area contributed by atoms with Crippen LogP contribution >= 0.6 is 0 Å². The number of allylic oxidation sites excluding steroid dienone is 2. The van der Waals surface area contributed by atoms with E-state index in [2.05, 4.69) is 118 Å². The summed E-state index contributed by atoms with van der Waals surface area (Å²) in [4.78, 5) is 0. The van der Waals surface area contributed by atoms with Crippen molar-refractivity contribution in [1.29, 1.82) is 0 Å². The first-order valence-corrected chi connectivity index (χ1v) is 13.0. The largest absolute Gasteiger partial charge is 0.514 e. The smallest absolute Gasteiger partial charge is 0.493 e. The molecule has 2 aliphatic rings. The van der Waals surface area contributed by atoms with Gasteiger partial charge in [0.1, 0.15) is 0 Å². The number of hydrogen-bond acceptors (Lipinski definition) is 3. The fourth-order valence-electron chi connectivity index (χ4n) is 4.85. The van der Waals surface area contributed by atoms with E-state index in [1.165, 1.54) is 16.9 Å². The Kier molecular flexibility index (Phi) is 5.04. The second kappa shape index (κ2) is 7.19. The van der Waals surface area contributed by atoms with Crippen LogP contribution in [0.25, 0.3) is 0 Å². The summed E-state index contributed by atoms with van der Waals surface area (Å²) in [6.07, 6.45) is 2.37. The molecule has 4 heteroatoms. The predicted molar refractivity (Wildman–Crippen MR) is 130 cm³/mol. The van der Waals surface area contributed by atoms with Crippen molar-refractivity contribution in [2.24, 2.45) is 10.8 Å². The Balaban J connectivity index is 1.94. The summed E-state index contributed by atoms with van der Waals surface area (Å²) >= 11 is 0. The summed E-state index contributed by atoms with van der Waals surface area (Å²) in [6.45, 7) is 18.1. The molecule has 0 saturated heterocycles. The molecule has 0 fully saturated rings. The van der Waals surface area contributed by atoms with Crippen molar-refractivity contribution in [1.82, 2.24) is 0 Å². The molecule has 1 atom stereocenters. The number of benzene rings is 2. The number of nitrogens with zero attached hydrogens (tertiary/aromatic N) is 2. The van der Waals surface area contributed by atoms with Crippen molar-refractivity contribution < 1.29 is 4.43 Å². The third kappa shape index (κ3) is 3.66. The van der Waals surface area contributed by atoms with E-state index in [1.54, 1.807) is 0 Å². The molecule has 0 N–H and O–H groups in total. The molecule has 1 spiro atoms. The van der Waals surface area contributed by atoms with Gasteiger partial charge in [-0.15, -0.1) is 0 Å². The minimum Gasteiger partial charge on any atom is -0.514 e. The average Bonchev–Trinajstić information content (AvgIpc) is 3.12. The molecule has 0 radical (unpaired) electrons. The molecule has 160 valence electrons. The van der Waals surface area contributed by atoms with Gasteiger partial charge in [0.25, 0.3) is 0 Å². The zero-order chi connectivity index (χ0) is 21.7. The Hall–Kier alpha value is -2.20. The Labute approximate surface area is 183 Å². The lowest BCUT2D eigenvalue weighted by Gasteiger charge is -2.46. The second-order valence-electron chi connectivity index (χ2n) is 11.2. The molecule has 30 heavy (non-hydrogen) atoms. The molecular formula is C26H36N2OSi. The maximum atomic E-state index is 7.03. The molecule has 2 aromatic carbocycles. The third-order valence-electron chi connectivity index (χ3n) is 5.78. The van der Waals surface area contributed by atoms with E-state index in [-0.39, 0.29) is 16.4 Å². The van der Waals surface area contributed by atoms with Gasteiger partial charge in [0.05, 0.1) is 22.7 Å². The molecule has 3 nitrogen and oxygen atoms in total. The summed E-state index contributed by atoms with van der Waals surface area (Å²) in [5, 5.41) is 0. The first-order valence-electron chi connectivity index (χ1n) is 11.1. The van der Waals surface area contributed by atoms with Crippen LogP contribution in [0.4, 0.5) is 11.4 Å². The monoisotopic (exact) mass is 420 g/mol. The summed E-state index contributed by atoms with van der Waals surface area (Å²) in [7, 11) is -2.61. The molecule has 0 aliphatic carbocycles. The zero-order valence-electron chi connectivity index (χ0n) is 19.6. The number of para-hydroxylation sites is 2. The van der Waals surface area contributed by atoms with E-state index >= 15 is 0 Å². The summed E-state index contributed by atoms with van der Waals surface area (Å²) < 4.78 is 12.4. The summed E-state index contributed by atoms with van der Waals surface area (Å²) in [6, 6.07) is 19.9. The fourth-order valence-corrected chi connectivity index (χ4v) is 10.3. The van der Waals surface area contributed by atoms with Crippen molar-refractivity contribution in [3.8, 4) is 0 Å². The van der Waals surface area contributed by atoms with Gasteiger partial charge in [0.15, 0.2) is 0 Å². The SMILES string of the molecule is CC1=CC(c2ccccc2)[Si]2(O1)N(CC(C)(C)C)c1ccccc1N2CC(C)(C)C. The van der Waals surface area contributed by atoms with Gasteiger partial charge in [-0.05, 0) is 41.5 Å². The average molecular weight is 421 g/mol. The fraction of sp³-hybridized carbons (Fsp3) is 0.462. The molecule has 2 aromatic rings. The van der Waals surface area contributed by atoms with E-state index in [0.29, 0.717) is 0 Å². The quantitative estimate of drug-likeness (QED) is 0.520. The zero-order valence-corrected chi connectivity index (χ0v) is 20.6. The van der Waals surface area contributed by atoms with Crippen molar-refractivity contribution in [3.05, 3.63) is 72.0 Å². The minimum absolute atomic E-state index is 0.159. The van der Waals surface area contributed by atoms with Crippen molar-refractivity contribution >= 4 is 20.0 Å². The van der Waals surface area contributed by atoms with Crippen molar-refractivity contribution in [3.63, 3.8) is 0 Å². The van der Waals surface area contributed by atoms with Gasteiger partial charge in [-0.1, -0.05) is 84.0 Å². The normalized spacial score (nSPS) is 20.4. The standard InChI is InChI=1S/C26H36N2OSi/c1-20-17-24(21-13-9-8-10-14-21)30(29-20)27(18-25(2,3)4)22-15-11-12-16-23(22)28(30)19-26(5,6)7/h8-17,24H,18-19H2,1-7H3. The van der Waals surface area contributed by atoms with Gasteiger partial charge in [-0.2, -0.15) is 0 Å². The summed E-state index contributed by atoms with van der Waals surface area (Å²) in [5.41, 5.74) is 4.58. The van der Waals surface area contributed by atoms with Gasteiger partial charge >= 0.3 is 8.64 Å².